The van der Waals surface area contributed by atoms with Gasteiger partial charge in [0.05, 0.1) is 5.69 Å². The third-order valence-corrected chi connectivity index (χ3v) is 5.06. The summed E-state index contributed by atoms with van der Waals surface area (Å²) in [6, 6.07) is 0. The van der Waals surface area contributed by atoms with Crippen LogP contribution >= 0.6 is 11.6 Å². The summed E-state index contributed by atoms with van der Waals surface area (Å²) in [6.45, 7) is 5.59. The molecule has 0 bridgehead atoms. The quantitative estimate of drug-likeness (QED) is 0.790. The predicted molar refractivity (Wildman–Crippen MR) is 86.9 cm³/mol. The fourth-order valence-corrected chi connectivity index (χ4v) is 3.90. The molecule has 0 aliphatic heterocycles. The maximum absolute atomic E-state index is 5.99. The van der Waals surface area contributed by atoms with E-state index in [0.29, 0.717) is 11.3 Å². The first-order valence-electron chi connectivity index (χ1n) is 8.05. The summed E-state index contributed by atoms with van der Waals surface area (Å²) < 4.78 is 4.38. The van der Waals surface area contributed by atoms with Gasteiger partial charge in [-0.15, -0.1) is 11.6 Å². The van der Waals surface area contributed by atoms with E-state index in [4.69, 9.17) is 16.6 Å². The van der Waals surface area contributed by atoms with Gasteiger partial charge in [0.1, 0.15) is 11.3 Å². The molecule has 0 saturated heterocycles. The monoisotopic (exact) mass is 308 g/mol. The van der Waals surface area contributed by atoms with Crippen LogP contribution < -0.4 is 0 Å². The van der Waals surface area contributed by atoms with Crippen LogP contribution in [0.2, 0.25) is 0 Å². The van der Waals surface area contributed by atoms with E-state index in [1.165, 1.54) is 31.3 Å². The van der Waals surface area contributed by atoms with Crippen LogP contribution in [0.5, 0.6) is 0 Å². The first-order chi connectivity index (χ1) is 10.1. The highest BCUT2D eigenvalue weighted by Gasteiger charge is 2.31. The molecule has 1 aliphatic carbocycles. The Kier molecular flexibility index (Phi) is 4.00. The predicted octanol–water partition coefficient (Wildman–Crippen LogP) is 3.69. The van der Waals surface area contributed by atoms with E-state index in [1.807, 2.05) is 11.7 Å². The van der Waals surface area contributed by atoms with Crippen molar-refractivity contribution < 1.29 is 0 Å². The number of nitrogens with zero attached hydrogens (tertiary/aromatic N) is 4. The number of hydrogen-bond acceptors (Lipinski definition) is 2. The number of halogens is 1. The van der Waals surface area contributed by atoms with Crippen LogP contribution in [0.3, 0.4) is 0 Å². The second kappa shape index (κ2) is 5.64. The van der Waals surface area contributed by atoms with Crippen LogP contribution in [0, 0.1) is 5.41 Å². The summed E-state index contributed by atoms with van der Waals surface area (Å²) in [4.78, 5) is 4.86. The van der Waals surface area contributed by atoms with Crippen LogP contribution in [0.1, 0.15) is 51.0 Å². The van der Waals surface area contributed by atoms with Gasteiger partial charge in [-0.3, -0.25) is 4.68 Å². The molecule has 5 heteroatoms. The molecule has 3 rings (SSSR count). The Hall–Kier alpha value is -1.03. The smallest absolute Gasteiger partial charge is 0.158 e. The zero-order chi connectivity index (χ0) is 15.0. The van der Waals surface area contributed by atoms with Gasteiger partial charge in [-0.2, -0.15) is 5.10 Å². The molecule has 0 N–H and O–H groups in total. The molecule has 1 fully saturated rings. The summed E-state index contributed by atoms with van der Waals surface area (Å²) in [5.41, 5.74) is 3.73. The van der Waals surface area contributed by atoms with Crippen molar-refractivity contribution in [1.82, 2.24) is 19.3 Å². The van der Waals surface area contributed by atoms with Crippen molar-refractivity contribution in [3.05, 3.63) is 11.5 Å². The van der Waals surface area contributed by atoms with E-state index in [0.717, 1.165) is 36.4 Å². The van der Waals surface area contributed by atoms with E-state index in [2.05, 4.69) is 23.5 Å². The largest absolute Gasteiger partial charge is 0.312 e. The highest BCUT2D eigenvalue weighted by atomic mass is 35.5. The van der Waals surface area contributed by atoms with Gasteiger partial charge in [-0.05, 0) is 24.7 Å². The number of rotatable bonds is 5. The lowest BCUT2D eigenvalue weighted by Crippen LogP contribution is -2.22. The van der Waals surface area contributed by atoms with Crippen molar-refractivity contribution in [2.45, 2.75) is 58.9 Å². The summed E-state index contributed by atoms with van der Waals surface area (Å²) in [7, 11) is 2.03. The number of hydrogen-bond donors (Lipinski definition) is 0. The minimum absolute atomic E-state index is 0.394. The van der Waals surface area contributed by atoms with Crippen molar-refractivity contribution in [3.8, 4) is 0 Å². The van der Waals surface area contributed by atoms with Crippen LogP contribution in [0.25, 0.3) is 11.2 Å². The Labute approximate surface area is 131 Å². The Bertz CT molecular complexity index is 634. The summed E-state index contributed by atoms with van der Waals surface area (Å²) in [5.74, 6) is 1.74. The second-order valence-corrected chi connectivity index (χ2v) is 7.04. The lowest BCUT2D eigenvalue weighted by atomic mass is 9.89. The van der Waals surface area contributed by atoms with Crippen molar-refractivity contribution in [2.24, 2.45) is 12.5 Å². The number of imidazole rings is 1. The van der Waals surface area contributed by atoms with E-state index in [9.17, 15) is 0 Å². The van der Waals surface area contributed by atoms with Gasteiger partial charge < -0.3 is 4.57 Å². The fraction of sp³-hybridized carbons (Fsp3) is 0.750. The van der Waals surface area contributed by atoms with Crippen molar-refractivity contribution in [1.29, 1.82) is 0 Å². The van der Waals surface area contributed by atoms with Gasteiger partial charge in [0, 0.05) is 25.9 Å². The standard InChI is InChI=1S/C16H25ClN4/c1-4-12-14-15(20(3)19-12)21(13(18-14)7-10-17)11-16(2)8-5-6-9-16/h4-11H2,1-3H3. The zero-order valence-electron chi connectivity index (χ0n) is 13.3. The number of fused-ring (bicyclic) bond motifs is 1. The molecule has 1 aliphatic rings. The first kappa shape index (κ1) is 14.9. The average molecular weight is 309 g/mol. The third kappa shape index (κ3) is 2.59. The molecular weight excluding hydrogens is 284 g/mol. The molecule has 2 aromatic rings. The molecule has 1 saturated carbocycles. The van der Waals surface area contributed by atoms with Crippen molar-refractivity contribution in [3.63, 3.8) is 0 Å². The van der Waals surface area contributed by atoms with Gasteiger partial charge in [-0.1, -0.05) is 26.7 Å². The number of alkyl halides is 1. The SMILES string of the molecule is CCc1nn(C)c2c1nc(CCCl)n2CC1(C)CCCC1. The van der Waals surface area contributed by atoms with Gasteiger partial charge in [0.25, 0.3) is 0 Å². The third-order valence-electron chi connectivity index (χ3n) is 4.87. The van der Waals surface area contributed by atoms with E-state index < -0.39 is 0 Å². The molecule has 0 radical (unpaired) electrons. The van der Waals surface area contributed by atoms with E-state index in [-0.39, 0.29) is 0 Å². The number of aromatic nitrogens is 4. The zero-order valence-corrected chi connectivity index (χ0v) is 14.1. The Balaban J connectivity index is 2.09. The molecule has 4 nitrogen and oxygen atoms in total. The lowest BCUT2D eigenvalue weighted by Gasteiger charge is -2.25. The van der Waals surface area contributed by atoms with Crippen molar-refractivity contribution in [2.75, 3.05) is 5.88 Å². The summed E-state index contributed by atoms with van der Waals surface area (Å²) >= 11 is 5.99. The molecule has 0 spiro atoms. The maximum atomic E-state index is 5.99. The molecule has 0 unspecified atom stereocenters. The Morgan fingerprint density at radius 2 is 2.00 bits per heavy atom. The lowest BCUT2D eigenvalue weighted by molar-refractivity contribution is 0.280. The molecule has 116 valence electrons. The first-order valence-corrected chi connectivity index (χ1v) is 8.58. The highest BCUT2D eigenvalue weighted by Crippen LogP contribution is 2.40. The van der Waals surface area contributed by atoms with Gasteiger partial charge in [0.2, 0.25) is 0 Å². The normalized spacial score (nSPS) is 17.9. The summed E-state index contributed by atoms with van der Waals surface area (Å²) in [5, 5.41) is 4.63. The average Bonchev–Trinajstić information content (AvgIpc) is 3.10. The molecule has 2 aromatic heterocycles. The van der Waals surface area contributed by atoms with Crippen LogP contribution in [0.15, 0.2) is 0 Å². The molecular formula is C16H25ClN4. The van der Waals surface area contributed by atoms with Gasteiger partial charge in [0.15, 0.2) is 5.65 Å². The summed E-state index contributed by atoms with van der Waals surface area (Å²) in [6.07, 6.45) is 7.08. The fourth-order valence-electron chi connectivity index (χ4n) is 3.73. The molecule has 0 amide bonds. The topological polar surface area (TPSA) is 35.6 Å². The van der Waals surface area contributed by atoms with E-state index >= 15 is 0 Å². The van der Waals surface area contributed by atoms with Crippen LogP contribution in [0.4, 0.5) is 0 Å². The Morgan fingerprint density at radius 3 is 2.62 bits per heavy atom. The molecule has 0 atom stereocenters. The van der Waals surface area contributed by atoms with Gasteiger partial charge in [-0.25, -0.2) is 4.98 Å². The minimum Gasteiger partial charge on any atom is -0.312 e. The highest BCUT2D eigenvalue weighted by molar-refractivity contribution is 6.17. The molecule has 2 heterocycles. The Morgan fingerprint density at radius 1 is 1.29 bits per heavy atom. The van der Waals surface area contributed by atoms with E-state index in [1.54, 1.807) is 0 Å². The van der Waals surface area contributed by atoms with Gasteiger partial charge >= 0.3 is 0 Å². The second-order valence-electron chi connectivity index (χ2n) is 6.67. The minimum atomic E-state index is 0.394. The van der Waals surface area contributed by atoms with Crippen LogP contribution in [-0.2, 0) is 26.4 Å². The molecule has 21 heavy (non-hydrogen) atoms. The van der Waals surface area contributed by atoms with Crippen LogP contribution in [-0.4, -0.2) is 25.2 Å². The maximum Gasteiger partial charge on any atom is 0.158 e. The van der Waals surface area contributed by atoms with Crippen molar-refractivity contribution >= 4 is 22.8 Å². The molecule has 0 aromatic carbocycles. The number of aryl methyl sites for hydroxylation is 3.